The van der Waals surface area contributed by atoms with E-state index in [9.17, 15) is 4.79 Å². The van der Waals surface area contributed by atoms with Crippen molar-refractivity contribution in [2.45, 2.75) is 33.2 Å². The van der Waals surface area contributed by atoms with Gasteiger partial charge in [-0.05, 0) is 67.8 Å². The van der Waals surface area contributed by atoms with Crippen LogP contribution in [0.4, 0.5) is 0 Å². The van der Waals surface area contributed by atoms with Crippen molar-refractivity contribution in [3.8, 4) is 5.75 Å². The molecule has 6 heteroatoms. The summed E-state index contributed by atoms with van der Waals surface area (Å²) >= 11 is 5.32. The maximum Gasteiger partial charge on any atom is 0.276 e. The molecule has 0 unspecified atom stereocenters. The van der Waals surface area contributed by atoms with E-state index in [-0.39, 0.29) is 5.91 Å². The number of nitrogens with one attached hydrogen (secondary N) is 1. The van der Waals surface area contributed by atoms with E-state index in [1.165, 1.54) is 12.8 Å². The molecule has 1 aromatic carbocycles. The van der Waals surface area contributed by atoms with E-state index in [2.05, 4.69) is 30.1 Å². The molecule has 0 bridgehead atoms. The highest BCUT2D eigenvalue weighted by Crippen LogP contribution is 2.25. The first-order chi connectivity index (χ1) is 12.5. The summed E-state index contributed by atoms with van der Waals surface area (Å²) < 4.78 is 5.52. The summed E-state index contributed by atoms with van der Waals surface area (Å²) in [7, 11) is 1.70. The molecule has 2 fully saturated rings. The summed E-state index contributed by atoms with van der Waals surface area (Å²) in [5, 5.41) is 3.54. The van der Waals surface area contributed by atoms with Crippen LogP contribution in [0.1, 0.15) is 37.8 Å². The Morgan fingerprint density at radius 2 is 2.04 bits per heavy atom. The Morgan fingerprint density at radius 1 is 1.31 bits per heavy atom. The Hall–Kier alpha value is -1.92. The van der Waals surface area contributed by atoms with E-state index in [1.807, 2.05) is 18.2 Å². The van der Waals surface area contributed by atoms with Gasteiger partial charge >= 0.3 is 0 Å². The third-order valence-corrected chi connectivity index (χ3v) is 5.04. The molecular formula is C20H27N3O2S. The molecule has 0 atom stereocenters. The fourth-order valence-corrected chi connectivity index (χ4v) is 3.73. The lowest BCUT2D eigenvalue weighted by Gasteiger charge is -2.17. The third kappa shape index (κ3) is 4.24. The lowest BCUT2D eigenvalue weighted by Crippen LogP contribution is -2.33. The van der Waals surface area contributed by atoms with E-state index in [0.717, 1.165) is 36.5 Å². The van der Waals surface area contributed by atoms with E-state index >= 15 is 0 Å². The lowest BCUT2D eigenvalue weighted by atomic mass is 10.1. The van der Waals surface area contributed by atoms with E-state index in [0.29, 0.717) is 23.3 Å². The zero-order valence-electron chi connectivity index (χ0n) is 15.7. The van der Waals surface area contributed by atoms with E-state index in [4.69, 9.17) is 17.0 Å². The normalized spacial score (nSPS) is 19.7. The molecule has 5 nitrogen and oxygen atoms in total. The molecule has 2 saturated heterocycles. The molecule has 0 saturated carbocycles. The highest BCUT2D eigenvalue weighted by Gasteiger charge is 2.30. The summed E-state index contributed by atoms with van der Waals surface area (Å²) in [5.41, 5.74) is 2.66. The fourth-order valence-electron chi connectivity index (χ4n) is 3.46. The van der Waals surface area contributed by atoms with Gasteiger partial charge < -0.3 is 10.1 Å². The van der Waals surface area contributed by atoms with Crippen LogP contribution in [0.15, 0.2) is 23.9 Å². The second-order valence-corrected chi connectivity index (χ2v) is 7.74. The molecule has 26 heavy (non-hydrogen) atoms. The average molecular weight is 374 g/mol. The van der Waals surface area contributed by atoms with Gasteiger partial charge in [0.1, 0.15) is 11.4 Å². The molecule has 0 spiro atoms. The minimum absolute atomic E-state index is 0.0550. The van der Waals surface area contributed by atoms with Crippen molar-refractivity contribution >= 4 is 29.3 Å². The highest BCUT2D eigenvalue weighted by molar-refractivity contribution is 7.80. The van der Waals surface area contributed by atoms with Gasteiger partial charge in [-0.3, -0.25) is 14.6 Å². The largest absolute Gasteiger partial charge is 0.496 e. The van der Waals surface area contributed by atoms with Gasteiger partial charge in [0.25, 0.3) is 5.91 Å². The highest BCUT2D eigenvalue weighted by atomic mass is 32.1. The first-order valence-electron chi connectivity index (χ1n) is 9.21. The average Bonchev–Trinajstić information content (AvgIpc) is 3.19. The molecule has 0 aromatic heterocycles. The van der Waals surface area contributed by atoms with Gasteiger partial charge in [0.15, 0.2) is 5.11 Å². The van der Waals surface area contributed by atoms with Crippen LogP contribution in [0, 0.1) is 5.92 Å². The Morgan fingerprint density at radius 3 is 2.69 bits per heavy atom. The van der Waals surface area contributed by atoms with Crippen LogP contribution in [0.25, 0.3) is 6.08 Å². The molecule has 3 rings (SSSR count). The number of hydrogen-bond acceptors (Lipinski definition) is 4. The van der Waals surface area contributed by atoms with Crippen molar-refractivity contribution in [2.75, 3.05) is 26.7 Å². The summed E-state index contributed by atoms with van der Waals surface area (Å²) in [6.45, 7) is 7.92. The molecule has 1 aromatic rings. The monoisotopic (exact) mass is 373 g/mol. The molecule has 1 amide bonds. The smallest absolute Gasteiger partial charge is 0.276 e. The van der Waals surface area contributed by atoms with Crippen molar-refractivity contribution in [3.63, 3.8) is 0 Å². The molecule has 0 radical (unpaired) electrons. The first kappa shape index (κ1) is 18.9. The van der Waals surface area contributed by atoms with Crippen molar-refractivity contribution in [1.82, 2.24) is 15.1 Å². The molecule has 140 valence electrons. The molecule has 1 N–H and O–H groups in total. The van der Waals surface area contributed by atoms with Crippen LogP contribution >= 0.6 is 12.2 Å². The number of methoxy groups -OCH3 is 1. The van der Waals surface area contributed by atoms with Crippen molar-refractivity contribution in [3.05, 3.63) is 35.0 Å². The number of thiocarbonyl (C=S) groups is 1. The minimum atomic E-state index is -0.0550. The number of likely N-dealkylation sites (tertiary alicyclic amines) is 1. The van der Waals surface area contributed by atoms with Crippen molar-refractivity contribution in [1.29, 1.82) is 0 Å². The lowest BCUT2D eigenvalue weighted by molar-refractivity contribution is -0.122. The number of carbonyl (C=O) groups excluding carboxylic acids is 1. The standard InChI is InChI=1S/C20H27N3O2S/c1-14(2)12-23-19(24)17(21-20(23)26)11-15-6-7-18(25-3)16(10-15)13-22-8-4-5-9-22/h6-7,10-11,14H,4-5,8-9,12-13H2,1-3H3,(H,21,26)/b17-11+. The minimum Gasteiger partial charge on any atom is -0.496 e. The molecule has 2 heterocycles. The summed E-state index contributed by atoms with van der Waals surface area (Å²) in [5.74, 6) is 1.20. The molecular weight excluding hydrogens is 346 g/mol. The Bertz CT molecular complexity index is 724. The van der Waals surface area contributed by atoms with Gasteiger partial charge in [0.2, 0.25) is 0 Å². The van der Waals surface area contributed by atoms with Gasteiger partial charge in [0.05, 0.1) is 7.11 Å². The van der Waals surface area contributed by atoms with Crippen LogP contribution in [0.5, 0.6) is 5.75 Å². The second kappa shape index (κ2) is 8.18. The number of benzene rings is 1. The number of ether oxygens (including phenoxy) is 1. The van der Waals surface area contributed by atoms with Gasteiger partial charge in [0, 0.05) is 18.7 Å². The maximum absolute atomic E-state index is 12.6. The SMILES string of the molecule is COc1ccc(/C=C2/NC(=S)N(CC(C)C)C2=O)cc1CN1CCCC1. The maximum atomic E-state index is 12.6. The summed E-state index contributed by atoms with van der Waals surface area (Å²) in [6, 6.07) is 6.05. The van der Waals surface area contributed by atoms with E-state index in [1.54, 1.807) is 12.0 Å². The summed E-state index contributed by atoms with van der Waals surface area (Å²) in [6.07, 6.45) is 4.39. The number of hydrogen-bond donors (Lipinski definition) is 1. The quantitative estimate of drug-likeness (QED) is 0.613. The van der Waals surface area contributed by atoms with Crippen molar-refractivity contribution < 1.29 is 9.53 Å². The van der Waals surface area contributed by atoms with Gasteiger partial charge in [-0.15, -0.1) is 0 Å². The Labute approximate surface area is 161 Å². The molecule has 2 aliphatic heterocycles. The van der Waals surface area contributed by atoms with Gasteiger partial charge in [-0.1, -0.05) is 19.9 Å². The number of rotatable bonds is 6. The zero-order chi connectivity index (χ0) is 18.7. The van der Waals surface area contributed by atoms with Crippen molar-refractivity contribution in [2.24, 2.45) is 5.92 Å². The van der Waals surface area contributed by atoms with Crippen LogP contribution in [0.3, 0.4) is 0 Å². The molecule has 0 aliphatic carbocycles. The van der Waals surface area contributed by atoms with Crippen LogP contribution in [-0.4, -0.2) is 47.6 Å². The van der Waals surface area contributed by atoms with Crippen LogP contribution in [-0.2, 0) is 11.3 Å². The third-order valence-electron chi connectivity index (χ3n) is 4.72. The predicted molar refractivity (Wildman–Crippen MR) is 108 cm³/mol. The summed E-state index contributed by atoms with van der Waals surface area (Å²) in [4.78, 5) is 16.7. The number of amides is 1. The molecule has 2 aliphatic rings. The topological polar surface area (TPSA) is 44.8 Å². The predicted octanol–water partition coefficient (Wildman–Crippen LogP) is 3.00. The Kier molecular flexibility index (Phi) is 5.94. The number of nitrogens with zero attached hydrogens (tertiary/aromatic N) is 2. The second-order valence-electron chi connectivity index (χ2n) is 7.35. The zero-order valence-corrected chi connectivity index (χ0v) is 16.6. The van der Waals surface area contributed by atoms with Gasteiger partial charge in [-0.2, -0.15) is 0 Å². The fraction of sp³-hybridized carbons (Fsp3) is 0.500. The number of carbonyl (C=O) groups is 1. The van der Waals surface area contributed by atoms with Gasteiger partial charge in [-0.25, -0.2) is 0 Å². The van der Waals surface area contributed by atoms with Crippen LogP contribution in [0.2, 0.25) is 0 Å². The van der Waals surface area contributed by atoms with E-state index < -0.39 is 0 Å². The van der Waals surface area contributed by atoms with Crippen LogP contribution < -0.4 is 10.1 Å². The Balaban J connectivity index is 1.81. The first-order valence-corrected chi connectivity index (χ1v) is 9.62.